The van der Waals surface area contributed by atoms with Crippen molar-refractivity contribution in [3.63, 3.8) is 0 Å². The maximum absolute atomic E-state index is 12.9. The van der Waals surface area contributed by atoms with Gasteiger partial charge < -0.3 is 5.11 Å². The standard InChI is InChI=1S/C20H17N5O4S2/c1-13-12-30-18(20(26)27)19(13)31(28,29)24(2)23-10-16-9-22-17-6-5-15(11-25(16)17)14-4-3-7-21-8-14/h3-12H,1-2H3,(H,26,27). The van der Waals surface area contributed by atoms with Gasteiger partial charge in [-0.2, -0.15) is 17.9 Å². The zero-order valence-electron chi connectivity index (χ0n) is 16.5. The summed E-state index contributed by atoms with van der Waals surface area (Å²) in [5, 5.41) is 14.9. The average Bonchev–Trinajstić information content (AvgIpc) is 3.35. The molecule has 0 aliphatic heterocycles. The molecular formula is C20H17N5O4S2. The van der Waals surface area contributed by atoms with Crippen LogP contribution >= 0.6 is 11.3 Å². The van der Waals surface area contributed by atoms with Gasteiger partial charge in [0.15, 0.2) is 0 Å². The first-order valence-corrected chi connectivity index (χ1v) is 11.3. The summed E-state index contributed by atoms with van der Waals surface area (Å²) < 4.78 is 28.4. The lowest BCUT2D eigenvalue weighted by molar-refractivity contribution is 0.0698. The second-order valence-electron chi connectivity index (χ2n) is 6.64. The molecule has 31 heavy (non-hydrogen) atoms. The molecule has 0 bridgehead atoms. The Hall–Kier alpha value is -3.57. The third-order valence-electron chi connectivity index (χ3n) is 4.60. The first-order valence-electron chi connectivity index (χ1n) is 9.01. The molecule has 0 aliphatic rings. The van der Waals surface area contributed by atoms with E-state index in [0.29, 0.717) is 16.9 Å². The fourth-order valence-electron chi connectivity index (χ4n) is 3.04. The molecule has 1 N–H and O–H groups in total. The SMILES string of the molecule is Cc1csc(C(=O)O)c1S(=O)(=O)N(C)N=Cc1cnc2ccc(-c3cccnc3)cn12. The molecule has 0 saturated heterocycles. The zero-order valence-corrected chi connectivity index (χ0v) is 18.1. The molecule has 0 atom stereocenters. The second kappa shape index (κ2) is 7.93. The minimum atomic E-state index is -4.13. The highest BCUT2D eigenvalue weighted by atomic mass is 32.2. The minimum absolute atomic E-state index is 0.240. The van der Waals surface area contributed by atoms with Crippen molar-refractivity contribution in [1.82, 2.24) is 18.8 Å². The molecule has 4 rings (SSSR count). The van der Waals surface area contributed by atoms with Crippen LogP contribution in [0, 0.1) is 6.92 Å². The summed E-state index contributed by atoms with van der Waals surface area (Å²) in [7, 11) is -2.87. The van der Waals surface area contributed by atoms with Crippen molar-refractivity contribution in [2.75, 3.05) is 7.05 Å². The van der Waals surface area contributed by atoms with Gasteiger partial charge in [-0.3, -0.25) is 9.38 Å². The van der Waals surface area contributed by atoms with Crippen molar-refractivity contribution >= 4 is 39.2 Å². The van der Waals surface area contributed by atoms with Crippen molar-refractivity contribution in [2.45, 2.75) is 11.8 Å². The topological polar surface area (TPSA) is 117 Å². The number of aryl methyl sites for hydroxylation is 1. The van der Waals surface area contributed by atoms with Crippen molar-refractivity contribution in [3.8, 4) is 11.1 Å². The van der Waals surface area contributed by atoms with Crippen molar-refractivity contribution in [1.29, 1.82) is 0 Å². The van der Waals surface area contributed by atoms with Gasteiger partial charge in [0.05, 0.1) is 18.1 Å². The van der Waals surface area contributed by atoms with E-state index >= 15 is 0 Å². The van der Waals surface area contributed by atoms with Gasteiger partial charge in [-0.15, -0.1) is 11.3 Å². The van der Waals surface area contributed by atoms with Crippen LogP contribution in [0.25, 0.3) is 16.8 Å². The summed E-state index contributed by atoms with van der Waals surface area (Å²) in [4.78, 5) is 19.4. The molecule has 0 unspecified atom stereocenters. The Morgan fingerprint density at radius 1 is 1.26 bits per heavy atom. The van der Waals surface area contributed by atoms with E-state index in [1.807, 2.05) is 30.5 Å². The fourth-order valence-corrected chi connectivity index (χ4v) is 5.57. The molecule has 11 heteroatoms. The number of imidazole rings is 1. The molecule has 0 aromatic carbocycles. The first-order chi connectivity index (χ1) is 14.8. The zero-order chi connectivity index (χ0) is 22.2. The number of aromatic carboxylic acids is 1. The van der Waals surface area contributed by atoms with Gasteiger partial charge in [0.1, 0.15) is 15.4 Å². The molecule has 4 aromatic rings. The van der Waals surface area contributed by atoms with Crippen LogP contribution in [0.2, 0.25) is 0 Å². The second-order valence-corrected chi connectivity index (χ2v) is 9.40. The van der Waals surface area contributed by atoms with Gasteiger partial charge in [0.25, 0.3) is 10.0 Å². The number of hydrazone groups is 1. The molecule has 4 heterocycles. The van der Waals surface area contributed by atoms with Crippen LogP contribution < -0.4 is 0 Å². The van der Waals surface area contributed by atoms with Crippen LogP contribution in [-0.2, 0) is 10.0 Å². The number of carboxylic acid groups (broad SMARTS) is 1. The van der Waals surface area contributed by atoms with Gasteiger partial charge in [0.2, 0.25) is 0 Å². The number of carboxylic acids is 1. The first kappa shape index (κ1) is 20.7. The van der Waals surface area contributed by atoms with Crippen LogP contribution in [0.3, 0.4) is 0 Å². The van der Waals surface area contributed by atoms with Gasteiger partial charge in [-0.1, -0.05) is 6.07 Å². The predicted molar refractivity (Wildman–Crippen MR) is 117 cm³/mol. The van der Waals surface area contributed by atoms with E-state index in [9.17, 15) is 18.3 Å². The predicted octanol–water partition coefficient (Wildman–Crippen LogP) is 3.12. The molecule has 158 valence electrons. The molecule has 0 saturated carbocycles. The molecule has 9 nitrogen and oxygen atoms in total. The van der Waals surface area contributed by atoms with E-state index < -0.39 is 16.0 Å². The van der Waals surface area contributed by atoms with E-state index in [1.54, 1.807) is 29.9 Å². The largest absolute Gasteiger partial charge is 0.477 e. The number of rotatable bonds is 6. The van der Waals surface area contributed by atoms with E-state index in [0.717, 1.165) is 26.9 Å². The van der Waals surface area contributed by atoms with Crippen LogP contribution in [-0.4, -0.2) is 51.5 Å². The number of thiophene rings is 1. The van der Waals surface area contributed by atoms with Gasteiger partial charge in [-0.05, 0) is 36.1 Å². The van der Waals surface area contributed by atoms with Gasteiger partial charge >= 0.3 is 5.97 Å². The molecule has 0 spiro atoms. The lowest BCUT2D eigenvalue weighted by Gasteiger charge is -2.14. The Bertz CT molecular complexity index is 1410. The lowest BCUT2D eigenvalue weighted by Crippen LogP contribution is -2.24. The highest BCUT2D eigenvalue weighted by molar-refractivity contribution is 7.89. The van der Waals surface area contributed by atoms with Crippen LogP contribution in [0.15, 0.2) is 64.4 Å². The number of hydrogen-bond donors (Lipinski definition) is 1. The quantitative estimate of drug-likeness (QED) is 0.353. The Kier molecular flexibility index (Phi) is 5.29. The van der Waals surface area contributed by atoms with Gasteiger partial charge in [0, 0.05) is 36.8 Å². The number of nitrogens with zero attached hydrogens (tertiary/aromatic N) is 5. The molecular weight excluding hydrogens is 438 g/mol. The molecule has 4 aromatic heterocycles. The monoisotopic (exact) mass is 455 g/mol. The number of hydrogen-bond acceptors (Lipinski definition) is 7. The maximum Gasteiger partial charge on any atom is 0.347 e. The van der Waals surface area contributed by atoms with E-state index in [2.05, 4.69) is 15.1 Å². The Morgan fingerprint density at radius 3 is 2.77 bits per heavy atom. The Morgan fingerprint density at radius 2 is 2.06 bits per heavy atom. The maximum atomic E-state index is 12.9. The Balaban J connectivity index is 1.68. The summed E-state index contributed by atoms with van der Waals surface area (Å²) in [6.07, 6.45) is 8.24. The van der Waals surface area contributed by atoms with E-state index in [-0.39, 0.29) is 9.77 Å². The number of pyridine rings is 2. The van der Waals surface area contributed by atoms with Crippen molar-refractivity contribution < 1.29 is 18.3 Å². The minimum Gasteiger partial charge on any atom is -0.477 e. The number of sulfonamides is 1. The lowest BCUT2D eigenvalue weighted by atomic mass is 10.1. The summed E-state index contributed by atoms with van der Waals surface area (Å²) in [6, 6.07) is 7.54. The third-order valence-corrected chi connectivity index (χ3v) is 7.65. The smallest absolute Gasteiger partial charge is 0.347 e. The molecule has 0 amide bonds. The van der Waals surface area contributed by atoms with Crippen molar-refractivity contribution in [3.05, 3.63) is 70.6 Å². The van der Waals surface area contributed by atoms with Crippen LogP contribution in [0.1, 0.15) is 20.9 Å². The highest BCUT2D eigenvalue weighted by Crippen LogP contribution is 2.29. The number of fused-ring (bicyclic) bond motifs is 1. The summed E-state index contributed by atoms with van der Waals surface area (Å²) >= 11 is 0.869. The molecule has 0 radical (unpaired) electrons. The number of carbonyl (C=O) groups is 1. The summed E-state index contributed by atoms with van der Waals surface area (Å²) in [5.74, 6) is -1.29. The van der Waals surface area contributed by atoms with Crippen molar-refractivity contribution in [2.24, 2.45) is 5.10 Å². The van der Waals surface area contributed by atoms with E-state index in [4.69, 9.17) is 0 Å². The summed E-state index contributed by atoms with van der Waals surface area (Å²) in [6.45, 7) is 1.55. The molecule has 0 aliphatic carbocycles. The van der Waals surface area contributed by atoms with Crippen LogP contribution in [0.5, 0.6) is 0 Å². The van der Waals surface area contributed by atoms with E-state index in [1.165, 1.54) is 18.6 Å². The number of aromatic nitrogens is 3. The molecule has 0 fully saturated rings. The fraction of sp³-hybridized carbons (Fsp3) is 0.100. The summed E-state index contributed by atoms with van der Waals surface area (Å²) in [5.41, 5.74) is 3.43. The average molecular weight is 456 g/mol. The third kappa shape index (κ3) is 3.80. The van der Waals surface area contributed by atoms with Gasteiger partial charge in [-0.25, -0.2) is 9.78 Å². The van der Waals surface area contributed by atoms with Crippen LogP contribution in [0.4, 0.5) is 0 Å². The highest BCUT2D eigenvalue weighted by Gasteiger charge is 2.30. The Labute approximate surface area is 182 Å². The normalized spacial score (nSPS) is 11.9.